The molecule has 1 aliphatic rings. The molecule has 1 N–H and O–H groups in total. The molecule has 2 aromatic rings. The van der Waals surface area contributed by atoms with Crippen LogP contribution in [-0.4, -0.2) is 31.3 Å². The largest absolute Gasteiger partial charge is 0.484 e. The summed E-state index contributed by atoms with van der Waals surface area (Å²) in [7, 11) is 2.14. The lowest BCUT2D eigenvalue weighted by molar-refractivity contribution is -0.123. The Labute approximate surface area is 174 Å². The Hall–Kier alpha value is -2.34. The van der Waals surface area contributed by atoms with E-state index in [4.69, 9.17) is 4.74 Å². The highest BCUT2D eigenvalue weighted by molar-refractivity contribution is 9.10. The molecule has 0 saturated carbocycles. The van der Waals surface area contributed by atoms with Crippen LogP contribution in [0.2, 0.25) is 0 Å². The highest BCUT2D eigenvalue weighted by Gasteiger charge is 2.33. The van der Waals surface area contributed by atoms with Gasteiger partial charge in [-0.25, -0.2) is 5.43 Å². The third kappa shape index (κ3) is 4.73. The van der Waals surface area contributed by atoms with E-state index in [1.54, 1.807) is 18.3 Å². The number of anilines is 1. The average molecular weight is 444 g/mol. The molecule has 1 atom stereocenters. The van der Waals surface area contributed by atoms with E-state index in [2.05, 4.69) is 71.3 Å². The molecule has 1 unspecified atom stereocenters. The summed E-state index contributed by atoms with van der Waals surface area (Å²) in [5, 5.41) is 4.06. The van der Waals surface area contributed by atoms with Crippen LogP contribution in [-0.2, 0) is 4.79 Å². The third-order valence-electron chi connectivity index (χ3n) is 5.24. The lowest BCUT2D eigenvalue weighted by Crippen LogP contribution is -2.45. The fraction of sp³-hybridized carbons (Fsp3) is 0.364. The van der Waals surface area contributed by atoms with Crippen molar-refractivity contribution in [1.82, 2.24) is 5.43 Å². The van der Waals surface area contributed by atoms with Crippen molar-refractivity contribution in [3.63, 3.8) is 0 Å². The second kappa shape index (κ2) is 8.35. The number of hydrogen-bond acceptors (Lipinski definition) is 4. The molecule has 0 radical (unpaired) electrons. The van der Waals surface area contributed by atoms with E-state index < -0.39 is 0 Å². The Morgan fingerprint density at radius 1 is 1.32 bits per heavy atom. The third-order valence-corrected chi connectivity index (χ3v) is 5.77. The van der Waals surface area contributed by atoms with Crippen molar-refractivity contribution in [3.05, 3.63) is 58.1 Å². The summed E-state index contributed by atoms with van der Waals surface area (Å²) in [4.78, 5) is 14.2. The Bertz CT molecular complexity index is 878. The summed E-state index contributed by atoms with van der Waals surface area (Å²) in [6.45, 7) is 6.72. The van der Waals surface area contributed by atoms with E-state index in [1.807, 2.05) is 18.2 Å². The number of halogens is 1. The van der Waals surface area contributed by atoms with Crippen molar-refractivity contribution < 1.29 is 9.53 Å². The summed E-state index contributed by atoms with van der Waals surface area (Å²) in [6, 6.07) is 13.6. The van der Waals surface area contributed by atoms with Crippen molar-refractivity contribution in [3.8, 4) is 5.75 Å². The van der Waals surface area contributed by atoms with Gasteiger partial charge in [0.05, 0.1) is 6.21 Å². The number of nitrogens with zero attached hydrogens (tertiary/aromatic N) is 2. The molecule has 1 heterocycles. The molecule has 3 rings (SSSR count). The van der Waals surface area contributed by atoms with Crippen LogP contribution >= 0.6 is 15.9 Å². The first-order valence-corrected chi connectivity index (χ1v) is 10.1. The normalized spacial score (nSPS) is 18.0. The van der Waals surface area contributed by atoms with Gasteiger partial charge in [0.15, 0.2) is 6.61 Å². The Balaban J connectivity index is 1.58. The highest BCUT2D eigenvalue weighted by atomic mass is 79.9. The van der Waals surface area contributed by atoms with Gasteiger partial charge in [0.1, 0.15) is 5.75 Å². The van der Waals surface area contributed by atoms with Gasteiger partial charge in [-0.15, -0.1) is 0 Å². The zero-order valence-corrected chi connectivity index (χ0v) is 18.3. The summed E-state index contributed by atoms with van der Waals surface area (Å²) < 4.78 is 6.39. The molecule has 0 spiro atoms. The molecule has 148 valence electrons. The van der Waals surface area contributed by atoms with Gasteiger partial charge in [-0.1, -0.05) is 28.9 Å². The zero-order chi connectivity index (χ0) is 20.3. The quantitative estimate of drug-likeness (QED) is 0.537. The van der Waals surface area contributed by atoms with E-state index in [0.29, 0.717) is 11.7 Å². The predicted octanol–water partition coefficient (Wildman–Crippen LogP) is 4.70. The maximum atomic E-state index is 11.9. The molecule has 0 aliphatic carbocycles. The van der Waals surface area contributed by atoms with Gasteiger partial charge in [0, 0.05) is 22.7 Å². The number of amides is 1. The summed E-state index contributed by atoms with van der Waals surface area (Å²) in [6.07, 6.45) is 2.77. The van der Waals surface area contributed by atoms with Gasteiger partial charge in [-0.2, -0.15) is 5.10 Å². The van der Waals surface area contributed by atoms with Gasteiger partial charge in [0.2, 0.25) is 0 Å². The molecule has 1 amide bonds. The first-order valence-electron chi connectivity index (χ1n) is 9.34. The molecule has 0 bridgehead atoms. The van der Waals surface area contributed by atoms with Gasteiger partial charge in [-0.3, -0.25) is 4.79 Å². The Kier molecular flexibility index (Phi) is 6.08. The predicted molar refractivity (Wildman–Crippen MR) is 117 cm³/mol. The topological polar surface area (TPSA) is 53.9 Å². The van der Waals surface area contributed by atoms with Crippen LogP contribution in [0.15, 0.2) is 52.0 Å². The molecule has 2 aromatic carbocycles. The molecule has 6 heteroatoms. The number of ether oxygens (including phenoxy) is 1. The van der Waals surface area contributed by atoms with Crippen LogP contribution in [0.5, 0.6) is 5.75 Å². The van der Waals surface area contributed by atoms with Crippen LogP contribution in [0, 0.1) is 0 Å². The minimum atomic E-state index is -0.299. The number of carbonyl (C=O) groups is 1. The summed E-state index contributed by atoms with van der Waals surface area (Å²) in [5.41, 5.74) is 6.19. The van der Waals surface area contributed by atoms with Crippen LogP contribution in [0.3, 0.4) is 0 Å². The van der Waals surface area contributed by atoms with E-state index in [-0.39, 0.29) is 18.1 Å². The maximum absolute atomic E-state index is 11.9. The van der Waals surface area contributed by atoms with Crippen LogP contribution < -0.4 is 15.1 Å². The Morgan fingerprint density at radius 2 is 2.04 bits per heavy atom. The van der Waals surface area contributed by atoms with Crippen LogP contribution in [0.25, 0.3) is 0 Å². The average Bonchev–Trinajstić information content (AvgIpc) is 2.65. The summed E-state index contributed by atoms with van der Waals surface area (Å²) >= 11 is 3.36. The maximum Gasteiger partial charge on any atom is 0.277 e. The molecule has 0 saturated heterocycles. The molecule has 5 nitrogen and oxygen atoms in total. The second-order valence-electron chi connectivity index (χ2n) is 7.83. The number of hydrazone groups is 1. The molecular formula is C22H26BrN3O2. The zero-order valence-electron chi connectivity index (χ0n) is 16.7. The van der Waals surface area contributed by atoms with Crippen molar-refractivity contribution >= 4 is 33.7 Å². The highest BCUT2D eigenvalue weighted by Crippen LogP contribution is 2.42. The Morgan fingerprint density at radius 3 is 2.75 bits per heavy atom. The smallest absolute Gasteiger partial charge is 0.277 e. The van der Waals surface area contributed by atoms with E-state index >= 15 is 0 Å². The van der Waals surface area contributed by atoms with Crippen molar-refractivity contribution in [2.75, 3.05) is 18.6 Å². The lowest BCUT2D eigenvalue weighted by Gasteiger charge is -2.45. The van der Waals surface area contributed by atoms with Crippen LogP contribution in [0.1, 0.15) is 44.2 Å². The van der Waals surface area contributed by atoms with Crippen molar-refractivity contribution in [1.29, 1.82) is 0 Å². The lowest BCUT2D eigenvalue weighted by atomic mass is 9.80. The van der Waals surface area contributed by atoms with Gasteiger partial charge in [-0.05, 0) is 73.7 Å². The first kappa shape index (κ1) is 20.4. The molecule has 0 fully saturated rings. The minimum absolute atomic E-state index is 0.0833. The van der Waals surface area contributed by atoms with Crippen molar-refractivity contribution in [2.24, 2.45) is 5.10 Å². The number of benzene rings is 2. The van der Waals surface area contributed by atoms with Gasteiger partial charge in [0.25, 0.3) is 5.91 Å². The molecular weight excluding hydrogens is 418 g/mol. The monoisotopic (exact) mass is 443 g/mol. The van der Waals surface area contributed by atoms with Crippen molar-refractivity contribution in [2.45, 2.75) is 38.6 Å². The number of hydrogen-bond donors (Lipinski definition) is 1. The number of carbonyl (C=O) groups excluding carboxylic acids is 1. The van der Waals surface area contributed by atoms with E-state index in [0.717, 1.165) is 16.5 Å². The van der Waals surface area contributed by atoms with Gasteiger partial charge < -0.3 is 9.64 Å². The molecule has 28 heavy (non-hydrogen) atoms. The summed E-state index contributed by atoms with van der Waals surface area (Å²) in [5.74, 6) is 0.813. The fourth-order valence-electron chi connectivity index (χ4n) is 3.57. The number of nitrogens with one attached hydrogen (secondary N) is 1. The van der Waals surface area contributed by atoms with Gasteiger partial charge >= 0.3 is 0 Å². The molecule has 1 aliphatic heterocycles. The SMILES string of the molecule is CC1CC(C)(C)N(C)c2ccc(/C=N\NC(=O)COc3ccc(Br)cc3)cc21. The van der Waals surface area contributed by atoms with E-state index in [1.165, 1.54) is 11.3 Å². The van der Waals surface area contributed by atoms with Crippen LogP contribution in [0.4, 0.5) is 5.69 Å². The second-order valence-corrected chi connectivity index (χ2v) is 8.75. The first-order chi connectivity index (χ1) is 13.3. The van der Waals surface area contributed by atoms with E-state index in [9.17, 15) is 4.79 Å². The molecule has 0 aromatic heterocycles. The fourth-order valence-corrected chi connectivity index (χ4v) is 3.83. The standard InChI is InChI=1S/C22H26BrN3O2/c1-15-12-22(2,3)26(4)20-10-5-16(11-19(15)20)13-24-25-21(27)14-28-18-8-6-17(23)7-9-18/h5-11,13,15H,12,14H2,1-4H3,(H,25,27)/b24-13-. The number of rotatable bonds is 5. The minimum Gasteiger partial charge on any atom is -0.484 e. The number of fused-ring (bicyclic) bond motifs is 1.